The number of nitro benzene ring substituents is 1. The van der Waals surface area contributed by atoms with Crippen LogP contribution in [-0.2, 0) is 11.3 Å². The Kier molecular flexibility index (Phi) is 4.68. The second kappa shape index (κ2) is 6.26. The number of hydrogen-bond acceptors (Lipinski definition) is 4. The third-order valence-electron chi connectivity index (χ3n) is 3.00. The highest BCUT2D eigenvalue weighted by Gasteiger charge is 2.17. The van der Waals surface area contributed by atoms with E-state index in [2.05, 4.69) is 21.2 Å². The highest BCUT2D eigenvalue weighted by molar-refractivity contribution is 9.10. The molecule has 0 atom stereocenters. The van der Waals surface area contributed by atoms with Crippen molar-refractivity contribution < 1.29 is 9.66 Å². The lowest BCUT2D eigenvalue weighted by molar-refractivity contribution is -0.386. The lowest BCUT2D eigenvalue weighted by Gasteiger charge is -2.22. The monoisotopic (exact) mass is 314 g/mol. The SMILES string of the molecule is O=[N+]([O-])c1cc(Br)ccc1COC1CCNCC1. The summed E-state index contributed by atoms with van der Waals surface area (Å²) in [6.07, 6.45) is 2.13. The summed E-state index contributed by atoms with van der Waals surface area (Å²) in [6, 6.07) is 5.05. The number of benzene rings is 1. The minimum Gasteiger partial charge on any atom is -0.373 e. The Morgan fingerprint density at radius 3 is 2.83 bits per heavy atom. The van der Waals surface area contributed by atoms with Crippen LogP contribution in [0.15, 0.2) is 22.7 Å². The number of piperidine rings is 1. The predicted octanol–water partition coefficient (Wildman–Crippen LogP) is 2.63. The van der Waals surface area contributed by atoms with Crippen molar-refractivity contribution in [3.8, 4) is 0 Å². The number of nitrogens with zero attached hydrogens (tertiary/aromatic N) is 1. The molecule has 2 rings (SSSR count). The fourth-order valence-corrected chi connectivity index (χ4v) is 2.35. The van der Waals surface area contributed by atoms with Crippen LogP contribution in [0.3, 0.4) is 0 Å². The average molecular weight is 315 g/mol. The first-order valence-electron chi connectivity index (χ1n) is 5.92. The molecule has 0 aliphatic carbocycles. The van der Waals surface area contributed by atoms with Crippen LogP contribution in [0.1, 0.15) is 18.4 Å². The molecule has 1 saturated heterocycles. The number of hydrogen-bond donors (Lipinski definition) is 1. The average Bonchev–Trinajstić information content (AvgIpc) is 2.38. The van der Waals surface area contributed by atoms with Crippen molar-refractivity contribution >= 4 is 21.6 Å². The summed E-state index contributed by atoms with van der Waals surface area (Å²) in [6.45, 7) is 2.20. The normalized spacial score (nSPS) is 16.7. The van der Waals surface area contributed by atoms with Crippen LogP contribution >= 0.6 is 15.9 Å². The maximum atomic E-state index is 10.9. The Bertz CT molecular complexity index is 433. The topological polar surface area (TPSA) is 64.4 Å². The number of ether oxygens (including phenoxy) is 1. The van der Waals surface area contributed by atoms with Crippen LogP contribution in [-0.4, -0.2) is 24.1 Å². The molecule has 0 bridgehead atoms. The maximum absolute atomic E-state index is 10.9. The van der Waals surface area contributed by atoms with E-state index < -0.39 is 0 Å². The Morgan fingerprint density at radius 2 is 2.17 bits per heavy atom. The molecule has 0 spiro atoms. The summed E-state index contributed by atoms with van der Waals surface area (Å²) in [5, 5.41) is 14.2. The molecule has 1 aromatic carbocycles. The van der Waals surface area contributed by atoms with Gasteiger partial charge in [0.15, 0.2) is 0 Å². The van der Waals surface area contributed by atoms with E-state index in [4.69, 9.17) is 4.74 Å². The zero-order chi connectivity index (χ0) is 13.0. The second-order valence-corrected chi connectivity index (χ2v) is 5.21. The zero-order valence-corrected chi connectivity index (χ0v) is 11.5. The van der Waals surface area contributed by atoms with E-state index in [-0.39, 0.29) is 16.7 Å². The van der Waals surface area contributed by atoms with Crippen LogP contribution in [0.4, 0.5) is 5.69 Å². The Labute approximate surface area is 114 Å². The van der Waals surface area contributed by atoms with Gasteiger partial charge in [-0.2, -0.15) is 0 Å². The molecule has 0 aromatic heterocycles. The molecule has 1 fully saturated rings. The van der Waals surface area contributed by atoms with Gasteiger partial charge in [0.2, 0.25) is 0 Å². The van der Waals surface area contributed by atoms with Gasteiger partial charge in [0.05, 0.1) is 23.2 Å². The van der Waals surface area contributed by atoms with E-state index >= 15 is 0 Å². The van der Waals surface area contributed by atoms with E-state index in [0.717, 1.165) is 25.9 Å². The standard InChI is InChI=1S/C12H15BrN2O3/c13-10-2-1-9(12(7-10)15(16)17)8-18-11-3-5-14-6-4-11/h1-2,7,11,14H,3-6,8H2. The summed E-state index contributed by atoms with van der Waals surface area (Å²) in [5.74, 6) is 0. The van der Waals surface area contributed by atoms with Gasteiger partial charge in [-0.05, 0) is 38.1 Å². The fraction of sp³-hybridized carbons (Fsp3) is 0.500. The Morgan fingerprint density at radius 1 is 1.44 bits per heavy atom. The van der Waals surface area contributed by atoms with Crippen LogP contribution in [0.2, 0.25) is 0 Å². The van der Waals surface area contributed by atoms with Gasteiger partial charge in [-0.3, -0.25) is 10.1 Å². The first-order valence-corrected chi connectivity index (χ1v) is 6.71. The van der Waals surface area contributed by atoms with Crippen LogP contribution in [0.5, 0.6) is 0 Å². The van der Waals surface area contributed by atoms with Gasteiger partial charge >= 0.3 is 0 Å². The maximum Gasteiger partial charge on any atom is 0.276 e. The molecule has 1 aliphatic rings. The van der Waals surface area contributed by atoms with Crippen molar-refractivity contribution in [3.63, 3.8) is 0 Å². The minimum atomic E-state index is -0.369. The molecular formula is C12H15BrN2O3. The van der Waals surface area contributed by atoms with Gasteiger partial charge in [0.1, 0.15) is 0 Å². The molecule has 1 heterocycles. The molecule has 0 unspecified atom stereocenters. The lowest BCUT2D eigenvalue weighted by Crippen LogP contribution is -2.32. The molecule has 18 heavy (non-hydrogen) atoms. The predicted molar refractivity (Wildman–Crippen MR) is 71.5 cm³/mol. The molecule has 6 heteroatoms. The fourth-order valence-electron chi connectivity index (χ4n) is 2.00. The summed E-state index contributed by atoms with van der Waals surface area (Å²) < 4.78 is 6.45. The molecule has 1 N–H and O–H groups in total. The van der Waals surface area contributed by atoms with E-state index in [1.54, 1.807) is 12.1 Å². The molecule has 0 saturated carbocycles. The van der Waals surface area contributed by atoms with Crippen molar-refractivity contribution in [3.05, 3.63) is 38.3 Å². The summed E-state index contributed by atoms with van der Waals surface area (Å²) in [5.41, 5.74) is 0.736. The van der Waals surface area contributed by atoms with Gasteiger partial charge in [-0.15, -0.1) is 0 Å². The first kappa shape index (κ1) is 13.5. The third-order valence-corrected chi connectivity index (χ3v) is 3.50. The number of rotatable bonds is 4. The molecular weight excluding hydrogens is 300 g/mol. The number of halogens is 1. The smallest absolute Gasteiger partial charge is 0.276 e. The molecule has 1 aliphatic heterocycles. The van der Waals surface area contributed by atoms with Crippen molar-refractivity contribution in [1.29, 1.82) is 0 Å². The zero-order valence-electron chi connectivity index (χ0n) is 9.89. The third kappa shape index (κ3) is 3.51. The van der Waals surface area contributed by atoms with Gasteiger partial charge in [-0.1, -0.05) is 15.9 Å². The molecule has 98 valence electrons. The van der Waals surface area contributed by atoms with E-state index in [1.165, 1.54) is 6.07 Å². The quantitative estimate of drug-likeness (QED) is 0.685. The summed E-state index contributed by atoms with van der Waals surface area (Å²) >= 11 is 3.24. The lowest BCUT2D eigenvalue weighted by atomic mass is 10.1. The molecule has 0 amide bonds. The molecule has 1 aromatic rings. The molecule has 0 radical (unpaired) electrons. The van der Waals surface area contributed by atoms with Crippen LogP contribution in [0.25, 0.3) is 0 Å². The molecule has 5 nitrogen and oxygen atoms in total. The van der Waals surface area contributed by atoms with Gasteiger partial charge < -0.3 is 10.1 Å². The summed E-state index contributed by atoms with van der Waals surface area (Å²) in [4.78, 5) is 10.6. The van der Waals surface area contributed by atoms with Crippen molar-refractivity contribution in [2.45, 2.75) is 25.6 Å². The van der Waals surface area contributed by atoms with Gasteiger partial charge in [0.25, 0.3) is 5.69 Å². The Hall–Kier alpha value is -0.980. The van der Waals surface area contributed by atoms with E-state index in [9.17, 15) is 10.1 Å². The highest BCUT2D eigenvalue weighted by atomic mass is 79.9. The van der Waals surface area contributed by atoms with Gasteiger partial charge in [-0.25, -0.2) is 0 Å². The highest BCUT2D eigenvalue weighted by Crippen LogP contribution is 2.25. The van der Waals surface area contributed by atoms with Crippen LogP contribution in [0, 0.1) is 10.1 Å². The number of nitrogens with one attached hydrogen (secondary N) is 1. The summed E-state index contributed by atoms with van der Waals surface area (Å²) in [7, 11) is 0. The number of nitro groups is 1. The second-order valence-electron chi connectivity index (χ2n) is 4.29. The van der Waals surface area contributed by atoms with Crippen molar-refractivity contribution in [2.75, 3.05) is 13.1 Å². The largest absolute Gasteiger partial charge is 0.373 e. The Balaban J connectivity index is 2.01. The van der Waals surface area contributed by atoms with Crippen molar-refractivity contribution in [1.82, 2.24) is 5.32 Å². The van der Waals surface area contributed by atoms with E-state index in [1.807, 2.05) is 0 Å². The minimum absolute atomic E-state index is 0.110. The van der Waals surface area contributed by atoms with Crippen molar-refractivity contribution in [2.24, 2.45) is 0 Å². The van der Waals surface area contributed by atoms with Gasteiger partial charge in [0, 0.05) is 10.5 Å². The first-order chi connectivity index (χ1) is 8.66. The van der Waals surface area contributed by atoms with E-state index in [0.29, 0.717) is 16.6 Å². The van der Waals surface area contributed by atoms with Crippen LogP contribution < -0.4 is 5.32 Å².